The molecule has 3 rings (SSSR count). The van der Waals surface area contributed by atoms with Gasteiger partial charge < -0.3 is 4.90 Å². The number of anilines is 1. The zero-order valence-electron chi connectivity index (χ0n) is 14.4. The highest BCUT2D eigenvalue weighted by Crippen LogP contribution is 2.31. The van der Waals surface area contributed by atoms with E-state index in [0.717, 1.165) is 16.8 Å². The molecule has 1 unspecified atom stereocenters. The van der Waals surface area contributed by atoms with Crippen molar-refractivity contribution in [2.75, 3.05) is 18.0 Å². The van der Waals surface area contributed by atoms with E-state index in [4.69, 9.17) is 0 Å². The molecule has 0 amide bonds. The Morgan fingerprint density at radius 2 is 2.16 bits per heavy atom. The number of nitrogens with zero attached hydrogens (tertiary/aromatic N) is 2. The number of hydrogen-bond acceptors (Lipinski definition) is 2. The van der Waals surface area contributed by atoms with Gasteiger partial charge >= 0.3 is 0 Å². The minimum atomic E-state index is -1.51. The van der Waals surface area contributed by atoms with Crippen LogP contribution in [-0.2, 0) is 0 Å². The third-order valence-corrected chi connectivity index (χ3v) is 4.30. The Labute approximate surface area is 148 Å². The van der Waals surface area contributed by atoms with Crippen LogP contribution >= 0.6 is 0 Å². The number of rotatable bonds is 3. The van der Waals surface area contributed by atoms with E-state index in [1.807, 2.05) is 54.3 Å². The lowest BCUT2D eigenvalue weighted by Gasteiger charge is -2.20. The van der Waals surface area contributed by atoms with Crippen molar-refractivity contribution in [1.29, 1.82) is 0 Å². The Morgan fingerprint density at radius 3 is 2.88 bits per heavy atom. The molecular weight excluding hydrogens is 311 g/mol. The molecule has 1 fully saturated rings. The Hall–Kier alpha value is -2.86. The lowest BCUT2D eigenvalue weighted by molar-refractivity contribution is 0.274. The molecule has 126 valence electrons. The van der Waals surface area contributed by atoms with E-state index in [0.29, 0.717) is 18.7 Å². The van der Waals surface area contributed by atoms with Crippen molar-refractivity contribution >= 4 is 17.8 Å². The molecule has 1 aromatic carbocycles. The molecule has 0 N–H and O–H groups in total. The van der Waals surface area contributed by atoms with Gasteiger partial charge in [-0.3, -0.25) is 0 Å². The molecule has 1 saturated heterocycles. The summed E-state index contributed by atoms with van der Waals surface area (Å²) in [6.07, 6.45) is 7.94. The summed E-state index contributed by atoms with van der Waals surface area (Å²) >= 11 is 0. The van der Waals surface area contributed by atoms with Crippen LogP contribution in [0.3, 0.4) is 0 Å². The van der Waals surface area contributed by atoms with Crippen molar-refractivity contribution in [3.05, 3.63) is 72.1 Å². The lowest BCUT2D eigenvalue weighted by Crippen LogP contribution is -2.27. The van der Waals surface area contributed by atoms with Crippen LogP contribution in [0.4, 0.5) is 10.1 Å². The first-order chi connectivity index (χ1) is 12.1. The minimum Gasteiger partial charge on any atom is -0.367 e. The molecule has 0 saturated carbocycles. The first kappa shape index (κ1) is 17.0. The van der Waals surface area contributed by atoms with E-state index in [1.165, 1.54) is 0 Å². The molecule has 2 heterocycles. The van der Waals surface area contributed by atoms with Crippen molar-refractivity contribution < 1.29 is 4.39 Å². The van der Waals surface area contributed by atoms with Gasteiger partial charge in [0.2, 0.25) is 0 Å². The molecule has 2 aromatic rings. The van der Waals surface area contributed by atoms with Gasteiger partial charge in [-0.25, -0.2) is 9.37 Å². The smallest absolute Gasteiger partial charge is 0.190 e. The van der Waals surface area contributed by atoms with Crippen molar-refractivity contribution in [1.82, 2.24) is 4.98 Å². The average molecular weight is 332 g/mol. The summed E-state index contributed by atoms with van der Waals surface area (Å²) in [7, 11) is 0. The summed E-state index contributed by atoms with van der Waals surface area (Å²) in [6, 6.07) is 11.6. The van der Waals surface area contributed by atoms with Crippen LogP contribution in [0.25, 0.3) is 12.2 Å². The summed E-state index contributed by atoms with van der Waals surface area (Å²) in [5.41, 5.74) is 2.26. The largest absolute Gasteiger partial charge is 0.367 e. The Kier molecular flexibility index (Phi) is 5.00. The van der Waals surface area contributed by atoms with Crippen molar-refractivity contribution in [3.63, 3.8) is 0 Å². The van der Waals surface area contributed by atoms with Gasteiger partial charge in [0, 0.05) is 24.8 Å². The van der Waals surface area contributed by atoms with Crippen molar-refractivity contribution in [2.45, 2.75) is 19.0 Å². The first-order valence-electron chi connectivity index (χ1n) is 8.41. The maximum absolute atomic E-state index is 15.0. The van der Waals surface area contributed by atoms with Crippen molar-refractivity contribution in [2.24, 2.45) is 0 Å². The van der Waals surface area contributed by atoms with Crippen LogP contribution in [0.5, 0.6) is 0 Å². The number of pyridine rings is 1. The zero-order valence-corrected chi connectivity index (χ0v) is 14.4. The predicted octanol–water partition coefficient (Wildman–Crippen LogP) is 4.73. The van der Waals surface area contributed by atoms with Crippen LogP contribution in [0.1, 0.15) is 30.2 Å². The van der Waals surface area contributed by atoms with Crippen LogP contribution in [0.2, 0.25) is 0 Å². The topological polar surface area (TPSA) is 16.1 Å². The van der Waals surface area contributed by atoms with Gasteiger partial charge in [-0.2, -0.15) is 0 Å². The normalized spacial score (nSPS) is 19.7. The van der Waals surface area contributed by atoms with E-state index in [-0.39, 0.29) is 6.54 Å². The summed E-state index contributed by atoms with van der Waals surface area (Å²) in [5.74, 6) is 5.64. The Morgan fingerprint density at radius 1 is 1.28 bits per heavy atom. The fourth-order valence-electron chi connectivity index (χ4n) is 2.97. The number of halogens is 1. The number of alkyl halides is 1. The third kappa shape index (κ3) is 3.97. The second kappa shape index (κ2) is 7.36. The van der Waals surface area contributed by atoms with Gasteiger partial charge in [0.25, 0.3) is 0 Å². The average Bonchev–Trinajstić information content (AvgIpc) is 3.04. The van der Waals surface area contributed by atoms with Gasteiger partial charge in [-0.15, -0.1) is 0 Å². The molecule has 1 aromatic heterocycles. The van der Waals surface area contributed by atoms with E-state index in [1.54, 1.807) is 12.3 Å². The molecule has 1 atom stereocenters. The van der Waals surface area contributed by atoms with Crippen LogP contribution in [0.15, 0.2) is 55.3 Å². The van der Waals surface area contributed by atoms with Gasteiger partial charge in [-0.05, 0) is 48.2 Å². The highest BCUT2D eigenvalue weighted by molar-refractivity contribution is 5.69. The molecule has 0 spiro atoms. The monoisotopic (exact) mass is 332 g/mol. The summed E-state index contributed by atoms with van der Waals surface area (Å²) < 4.78 is 15.0. The quantitative estimate of drug-likeness (QED) is 0.756. The maximum Gasteiger partial charge on any atom is 0.190 e. The molecule has 25 heavy (non-hydrogen) atoms. The standard InChI is InChI=1S/C22H21FN2/c1-3-7-19-9-10-21(16-18(19)4-2)25-15-13-22(23,17-25)12-11-20-8-5-6-14-24-20/h3-10,14,16H,2,13,15,17H2,1H3/b7-3-. The van der Waals surface area contributed by atoms with Crippen molar-refractivity contribution in [3.8, 4) is 11.8 Å². The summed E-state index contributed by atoms with van der Waals surface area (Å²) in [4.78, 5) is 6.17. The van der Waals surface area contributed by atoms with E-state index >= 15 is 4.39 Å². The predicted molar refractivity (Wildman–Crippen MR) is 103 cm³/mol. The number of aromatic nitrogens is 1. The molecule has 1 aliphatic rings. The van der Waals surface area contributed by atoms with Crippen LogP contribution in [0, 0.1) is 11.8 Å². The molecule has 3 heteroatoms. The minimum absolute atomic E-state index is 0.270. The van der Waals surface area contributed by atoms with Gasteiger partial charge in [0.15, 0.2) is 5.67 Å². The molecule has 0 bridgehead atoms. The van der Waals surface area contributed by atoms with Gasteiger partial charge in [-0.1, -0.05) is 42.9 Å². The molecule has 2 nitrogen and oxygen atoms in total. The lowest BCUT2D eigenvalue weighted by atomic mass is 10.1. The second-order valence-electron chi connectivity index (χ2n) is 6.12. The fraction of sp³-hybridized carbons (Fsp3) is 0.227. The van der Waals surface area contributed by atoms with E-state index in [2.05, 4.69) is 29.5 Å². The number of benzene rings is 1. The highest BCUT2D eigenvalue weighted by atomic mass is 19.1. The molecule has 0 aliphatic carbocycles. The number of hydrogen-bond donors (Lipinski definition) is 0. The Bertz CT molecular complexity index is 845. The van der Waals surface area contributed by atoms with Crippen LogP contribution in [-0.4, -0.2) is 23.7 Å². The number of allylic oxidation sites excluding steroid dienone is 1. The Balaban J connectivity index is 1.78. The maximum atomic E-state index is 15.0. The van der Waals surface area contributed by atoms with Crippen LogP contribution < -0.4 is 4.90 Å². The summed E-state index contributed by atoms with van der Waals surface area (Å²) in [5, 5.41) is 0. The fourth-order valence-corrected chi connectivity index (χ4v) is 2.97. The first-order valence-corrected chi connectivity index (χ1v) is 8.41. The highest BCUT2D eigenvalue weighted by Gasteiger charge is 2.37. The zero-order chi connectivity index (χ0) is 17.7. The molecule has 0 radical (unpaired) electrons. The van der Waals surface area contributed by atoms with Gasteiger partial charge in [0.1, 0.15) is 5.69 Å². The van der Waals surface area contributed by atoms with E-state index in [9.17, 15) is 0 Å². The van der Waals surface area contributed by atoms with Gasteiger partial charge in [0.05, 0.1) is 6.54 Å². The third-order valence-electron chi connectivity index (χ3n) is 4.30. The van der Waals surface area contributed by atoms with E-state index < -0.39 is 5.67 Å². The second-order valence-corrected chi connectivity index (χ2v) is 6.12. The molecular formula is C22H21FN2. The summed E-state index contributed by atoms with van der Waals surface area (Å²) in [6.45, 7) is 6.78. The molecule has 1 aliphatic heterocycles. The SMILES string of the molecule is C=Cc1cc(N2CCC(F)(C#Cc3ccccn3)C2)ccc1/C=C\C.